The lowest BCUT2D eigenvalue weighted by atomic mass is 10.1. The lowest BCUT2D eigenvalue weighted by molar-refractivity contribution is 0.105. The summed E-state index contributed by atoms with van der Waals surface area (Å²) in [6.45, 7) is 8.96. The second-order valence-electron chi connectivity index (χ2n) is 7.06. The summed E-state index contributed by atoms with van der Waals surface area (Å²) in [6.07, 6.45) is 3.79. The molecule has 0 saturated carbocycles. The molecule has 2 atom stereocenters. The van der Waals surface area contributed by atoms with Crippen molar-refractivity contribution in [3.05, 3.63) is 29.8 Å². The van der Waals surface area contributed by atoms with Crippen molar-refractivity contribution < 1.29 is 9.47 Å². The van der Waals surface area contributed by atoms with Gasteiger partial charge in [0.05, 0.1) is 18.8 Å². The van der Waals surface area contributed by atoms with Gasteiger partial charge in [-0.15, -0.1) is 0 Å². The van der Waals surface area contributed by atoms with E-state index in [1.165, 1.54) is 18.4 Å². The molecule has 1 saturated heterocycles. The van der Waals surface area contributed by atoms with Gasteiger partial charge in [-0.3, -0.25) is 4.99 Å². The van der Waals surface area contributed by atoms with Crippen molar-refractivity contribution in [1.82, 2.24) is 10.6 Å². The maximum Gasteiger partial charge on any atom is 0.191 e. The number of guanidine groups is 1. The highest BCUT2D eigenvalue weighted by atomic mass is 16.5. The van der Waals surface area contributed by atoms with Crippen LogP contribution in [-0.2, 0) is 4.74 Å². The molecular formula is C20H33N3O2. The van der Waals surface area contributed by atoms with Crippen LogP contribution in [0.4, 0.5) is 0 Å². The van der Waals surface area contributed by atoms with E-state index in [1.54, 1.807) is 7.05 Å². The van der Waals surface area contributed by atoms with E-state index in [-0.39, 0.29) is 6.04 Å². The van der Waals surface area contributed by atoms with Crippen molar-refractivity contribution >= 4 is 5.96 Å². The van der Waals surface area contributed by atoms with Crippen molar-refractivity contribution in [2.24, 2.45) is 10.9 Å². The van der Waals surface area contributed by atoms with Crippen molar-refractivity contribution in [3.8, 4) is 5.75 Å². The second-order valence-corrected chi connectivity index (χ2v) is 7.06. The van der Waals surface area contributed by atoms with Gasteiger partial charge in [0.1, 0.15) is 5.75 Å². The van der Waals surface area contributed by atoms with Crippen LogP contribution in [0.3, 0.4) is 0 Å². The molecule has 2 rings (SSSR count). The summed E-state index contributed by atoms with van der Waals surface area (Å²) in [7, 11) is 1.80. The molecule has 0 radical (unpaired) electrons. The van der Waals surface area contributed by atoms with Gasteiger partial charge in [-0.2, -0.15) is 0 Å². The molecule has 2 N–H and O–H groups in total. The van der Waals surface area contributed by atoms with Crippen molar-refractivity contribution in [1.29, 1.82) is 0 Å². The summed E-state index contributed by atoms with van der Waals surface area (Å²) in [6, 6.07) is 8.44. The minimum atomic E-state index is 0.174. The summed E-state index contributed by atoms with van der Waals surface area (Å²) in [5.74, 6) is 2.28. The van der Waals surface area contributed by atoms with Crippen LogP contribution in [0.2, 0.25) is 0 Å². The third-order valence-electron chi connectivity index (χ3n) is 4.32. The molecular weight excluding hydrogens is 314 g/mol. The van der Waals surface area contributed by atoms with Gasteiger partial charge in [0, 0.05) is 20.2 Å². The highest BCUT2D eigenvalue weighted by Gasteiger charge is 2.15. The van der Waals surface area contributed by atoms with Gasteiger partial charge in [0.15, 0.2) is 5.96 Å². The molecule has 1 fully saturated rings. The highest BCUT2D eigenvalue weighted by Crippen LogP contribution is 2.18. The monoisotopic (exact) mass is 347 g/mol. The van der Waals surface area contributed by atoms with Crippen molar-refractivity contribution in [2.45, 2.75) is 52.2 Å². The molecule has 0 aromatic heterocycles. The first kappa shape index (κ1) is 19.6. The maximum absolute atomic E-state index is 5.74. The average molecular weight is 348 g/mol. The Balaban J connectivity index is 1.77. The average Bonchev–Trinajstić information content (AvgIpc) is 3.12. The molecule has 5 heteroatoms. The zero-order valence-electron chi connectivity index (χ0n) is 16.0. The zero-order valence-corrected chi connectivity index (χ0v) is 16.0. The molecule has 1 aliphatic heterocycles. The Kier molecular flexibility index (Phi) is 8.06. The van der Waals surface area contributed by atoms with Crippen molar-refractivity contribution in [3.63, 3.8) is 0 Å². The fourth-order valence-electron chi connectivity index (χ4n) is 2.82. The van der Waals surface area contributed by atoms with Crippen LogP contribution in [0.25, 0.3) is 0 Å². The van der Waals surface area contributed by atoms with Crippen molar-refractivity contribution in [2.75, 3.05) is 26.8 Å². The Morgan fingerprint density at radius 3 is 2.64 bits per heavy atom. The molecule has 140 valence electrons. The predicted octanol–water partition coefficient (Wildman–Crippen LogP) is 3.52. The standard InChI is InChI=1S/C20H33N3O2/c1-15(2)14-25-19-9-7-17(8-10-19)16(3)23-20(21-4)22-12-11-18-6-5-13-24-18/h7-10,15-16,18H,5-6,11-14H2,1-4H3,(H2,21,22,23). The van der Waals surface area contributed by atoms with E-state index in [4.69, 9.17) is 9.47 Å². The fraction of sp³-hybridized carbons (Fsp3) is 0.650. The molecule has 5 nitrogen and oxygen atoms in total. The van der Waals surface area contributed by atoms with E-state index in [9.17, 15) is 0 Å². The Bertz CT molecular complexity index is 522. The Morgan fingerprint density at radius 1 is 1.28 bits per heavy atom. The molecule has 0 bridgehead atoms. The molecule has 0 aliphatic carbocycles. The van der Waals surface area contributed by atoms with E-state index in [0.29, 0.717) is 12.0 Å². The van der Waals surface area contributed by atoms with E-state index in [2.05, 4.69) is 48.5 Å². The summed E-state index contributed by atoms with van der Waals surface area (Å²) >= 11 is 0. The second kappa shape index (κ2) is 10.3. The summed E-state index contributed by atoms with van der Waals surface area (Å²) in [4.78, 5) is 4.31. The van der Waals surface area contributed by atoms with Crippen LogP contribution in [0.5, 0.6) is 5.75 Å². The largest absolute Gasteiger partial charge is 0.493 e. The summed E-state index contributed by atoms with van der Waals surface area (Å²) in [5.41, 5.74) is 1.21. The van der Waals surface area contributed by atoms with E-state index in [1.807, 2.05) is 12.1 Å². The van der Waals surface area contributed by atoms with Crippen LogP contribution < -0.4 is 15.4 Å². The maximum atomic E-state index is 5.74. The Labute approximate surface area is 152 Å². The number of ether oxygens (including phenoxy) is 2. The number of rotatable bonds is 8. The minimum Gasteiger partial charge on any atom is -0.493 e. The van der Waals surface area contributed by atoms with E-state index in [0.717, 1.165) is 37.9 Å². The van der Waals surface area contributed by atoms with Gasteiger partial charge in [-0.1, -0.05) is 26.0 Å². The third-order valence-corrected chi connectivity index (χ3v) is 4.32. The normalized spacial score (nSPS) is 19.1. The third kappa shape index (κ3) is 6.94. The molecule has 1 aliphatic rings. The number of nitrogens with zero attached hydrogens (tertiary/aromatic N) is 1. The highest BCUT2D eigenvalue weighted by molar-refractivity contribution is 5.80. The smallest absolute Gasteiger partial charge is 0.191 e. The topological polar surface area (TPSA) is 54.9 Å². The van der Waals surface area contributed by atoms with Crippen LogP contribution in [0.15, 0.2) is 29.3 Å². The quantitative estimate of drug-likeness (QED) is 0.558. The number of nitrogens with one attached hydrogen (secondary N) is 2. The summed E-state index contributed by atoms with van der Waals surface area (Å²) < 4.78 is 11.4. The lowest BCUT2D eigenvalue weighted by Crippen LogP contribution is -2.39. The molecule has 2 unspecified atom stereocenters. The van der Waals surface area contributed by atoms with E-state index < -0.39 is 0 Å². The van der Waals surface area contributed by atoms with Crippen LogP contribution in [0.1, 0.15) is 51.6 Å². The number of aliphatic imine (C=N–C) groups is 1. The molecule has 1 heterocycles. The van der Waals surface area contributed by atoms with Gasteiger partial charge < -0.3 is 20.1 Å². The fourth-order valence-corrected chi connectivity index (χ4v) is 2.82. The van der Waals surface area contributed by atoms with Gasteiger partial charge >= 0.3 is 0 Å². The molecule has 1 aromatic rings. The molecule has 0 spiro atoms. The van der Waals surface area contributed by atoms with Crippen LogP contribution in [-0.4, -0.2) is 38.9 Å². The molecule has 0 amide bonds. The lowest BCUT2D eigenvalue weighted by Gasteiger charge is -2.19. The van der Waals surface area contributed by atoms with Gasteiger partial charge in [0.2, 0.25) is 0 Å². The molecule has 1 aromatic carbocycles. The Morgan fingerprint density at radius 2 is 2.04 bits per heavy atom. The van der Waals surface area contributed by atoms with E-state index >= 15 is 0 Å². The first-order chi connectivity index (χ1) is 12.1. The molecule has 25 heavy (non-hydrogen) atoms. The van der Waals surface area contributed by atoms with Crippen LogP contribution >= 0.6 is 0 Å². The van der Waals surface area contributed by atoms with Gasteiger partial charge in [-0.25, -0.2) is 0 Å². The first-order valence-corrected chi connectivity index (χ1v) is 9.40. The zero-order chi connectivity index (χ0) is 18.1. The first-order valence-electron chi connectivity index (χ1n) is 9.40. The van der Waals surface area contributed by atoms with Gasteiger partial charge in [-0.05, 0) is 49.8 Å². The minimum absolute atomic E-state index is 0.174. The van der Waals surface area contributed by atoms with Gasteiger partial charge in [0.25, 0.3) is 0 Å². The Hall–Kier alpha value is -1.75. The number of hydrogen-bond donors (Lipinski definition) is 2. The SMILES string of the molecule is CN=C(NCCC1CCCO1)NC(C)c1ccc(OCC(C)C)cc1. The summed E-state index contributed by atoms with van der Waals surface area (Å²) in [5, 5.41) is 6.81. The van der Waals surface area contributed by atoms with Crippen LogP contribution in [0, 0.1) is 5.92 Å². The number of benzene rings is 1. The number of hydrogen-bond acceptors (Lipinski definition) is 3. The predicted molar refractivity (Wildman–Crippen MR) is 103 cm³/mol.